The number of carbonyl (C=O) groups excluding carboxylic acids is 1. The Labute approximate surface area is 137 Å². The van der Waals surface area contributed by atoms with E-state index in [0.29, 0.717) is 25.7 Å². The molecule has 120 valence electrons. The van der Waals surface area contributed by atoms with Gasteiger partial charge in [-0.15, -0.1) is 0 Å². The summed E-state index contributed by atoms with van der Waals surface area (Å²) >= 11 is 0. The van der Waals surface area contributed by atoms with Crippen molar-refractivity contribution in [1.82, 2.24) is 4.90 Å². The molecule has 1 aromatic rings. The van der Waals surface area contributed by atoms with Crippen LogP contribution in [0.15, 0.2) is 30.3 Å². The Kier molecular flexibility index (Phi) is 5.73. The third kappa shape index (κ3) is 3.70. The Bertz CT molecular complexity index is 606. The standard InChI is InChI=1S/C18H22N4O/c1-2-17(23)22(16-7-4-3-5-8-16)18(15-20)9-13-21(14-10-18)12-6-11-19/h3-5,7-8H,2,6,9-10,12-14H2,1H3. The molecule has 5 heteroatoms. The van der Waals surface area contributed by atoms with E-state index >= 15 is 0 Å². The molecule has 0 unspecified atom stereocenters. The van der Waals surface area contributed by atoms with Crippen LogP contribution < -0.4 is 4.90 Å². The van der Waals surface area contributed by atoms with Crippen molar-refractivity contribution >= 4 is 11.6 Å². The Morgan fingerprint density at radius 1 is 1.26 bits per heavy atom. The predicted octanol–water partition coefficient (Wildman–Crippen LogP) is 2.70. The van der Waals surface area contributed by atoms with Crippen LogP contribution in [-0.4, -0.2) is 36.0 Å². The second-order valence-corrected chi connectivity index (χ2v) is 5.81. The molecule has 23 heavy (non-hydrogen) atoms. The molecule has 0 bridgehead atoms. The van der Waals surface area contributed by atoms with Crippen molar-refractivity contribution in [3.05, 3.63) is 30.3 Å². The van der Waals surface area contributed by atoms with E-state index in [2.05, 4.69) is 17.0 Å². The number of para-hydroxylation sites is 1. The van der Waals surface area contributed by atoms with Crippen LogP contribution in [0.5, 0.6) is 0 Å². The van der Waals surface area contributed by atoms with Gasteiger partial charge in [0.15, 0.2) is 0 Å². The predicted molar refractivity (Wildman–Crippen MR) is 88.5 cm³/mol. The van der Waals surface area contributed by atoms with Gasteiger partial charge in [-0.05, 0) is 25.0 Å². The van der Waals surface area contributed by atoms with Crippen molar-refractivity contribution in [2.75, 3.05) is 24.5 Å². The molecule has 1 aliphatic heterocycles. The highest BCUT2D eigenvalue weighted by molar-refractivity contribution is 5.95. The second-order valence-electron chi connectivity index (χ2n) is 5.81. The molecule has 1 aliphatic rings. The number of carbonyl (C=O) groups is 1. The molecule has 1 heterocycles. The lowest BCUT2D eigenvalue weighted by atomic mass is 9.86. The normalized spacial score (nSPS) is 17.0. The SMILES string of the molecule is CCC(=O)N(c1ccccc1)C1(C#N)CCN(CCC#N)CC1. The maximum atomic E-state index is 12.5. The number of hydrogen-bond acceptors (Lipinski definition) is 4. The molecule has 0 atom stereocenters. The van der Waals surface area contributed by atoms with Crippen molar-refractivity contribution in [3.63, 3.8) is 0 Å². The first-order chi connectivity index (χ1) is 11.2. The molecule has 0 aromatic heterocycles. The van der Waals surface area contributed by atoms with Crippen molar-refractivity contribution in [1.29, 1.82) is 10.5 Å². The van der Waals surface area contributed by atoms with Gasteiger partial charge in [-0.1, -0.05) is 25.1 Å². The number of amides is 1. The summed E-state index contributed by atoms with van der Waals surface area (Å²) in [6.07, 6.45) is 2.08. The molecular weight excluding hydrogens is 288 g/mol. The Morgan fingerprint density at radius 2 is 1.91 bits per heavy atom. The highest BCUT2D eigenvalue weighted by Crippen LogP contribution is 2.33. The van der Waals surface area contributed by atoms with Crippen LogP contribution >= 0.6 is 0 Å². The Hall–Kier alpha value is -2.37. The fourth-order valence-electron chi connectivity index (χ4n) is 3.11. The minimum absolute atomic E-state index is 0.0248. The fourth-order valence-corrected chi connectivity index (χ4v) is 3.11. The van der Waals surface area contributed by atoms with Gasteiger partial charge in [0.2, 0.25) is 5.91 Å². The van der Waals surface area contributed by atoms with Gasteiger partial charge in [-0.2, -0.15) is 10.5 Å². The average molecular weight is 310 g/mol. The minimum Gasteiger partial charge on any atom is -0.302 e. The molecule has 0 saturated carbocycles. The number of nitrogens with zero attached hydrogens (tertiary/aromatic N) is 4. The molecule has 1 amide bonds. The van der Waals surface area contributed by atoms with Gasteiger partial charge in [0, 0.05) is 38.2 Å². The smallest absolute Gasteiger partial charge is 0.228 e. The lowest BCUT2D eigenvalue weighted by molar-refractivity contribution is -0.119. The quantitative estimate of drug-likeness (QED) is 0.838. The van der Waals surface area contributed by atoms with Crippen molar-refractivity contribution in [2.45, 2.75) is 38.1 Å². The van der Waals surface area contributed by atoms with Gasteiger partial charge in [0.05, 0.1) is 12.1 Å². The first kappa shape index (κ1) is 17.0. The van der Waals surface area contributed by atoms with E-state index in [4.69, 9.17) is 5.26 Å². The molecule has 5 nitrogen and oxygen atoms in total. The summed E-state index contributed by atoms with van der Waals surface area (Å²) in [4.78, 5) is 16.4. The van der Waals surface area contributed by atoms with E-state index in [1.54, 1.807) is 4.90 Å². The number of anilines is 1. The molecule has 1 fully saturated rings. The van der Waals surface area contributed by atoms with Crippen LogP contribution in [0.3, 0.4) is 0 Å². The molecule has 0 spiro atoms. The lowest BCUT2D eigenvalue weighted by Gasteiger charge is -2.44. The van der Waals surface area contributed by atoms with Gasteiger partial charge in [0.25, 0.3) is 0 Å². The maximum absolute atomic E-state index is 12.5. The van der Waals surface area contributed by atoms with E-state index in [-0.39, 0.29) is 5.91 Å². The molecule has 1 aromatic carbocycles. The number of hydrogen-bond donors (Lipinski definition) is 0. The van der Waals surface area contributed by atoms with Gasteiger partial charge in [0.1, 0.15) is 5.54 Å². The van der Waals surface area contributed by atoms with Crippen molar-refractivity contribution in [2.24, 2.45) is 0 Å². The molecule has 0 aliphatic carbocycles. The summed E-state index contributed by atoms with van der Waals surface area (Å²) in [5, 5.41) is 18.6. The summed E-state index contributed by atoms with van der Waals surface area (Å²) in [5.74, 6) is -0.0248. The molecule has 2 rings (SSSR count). The third-order valence-electron chi connectivity index (χ3n) is 4.43. The van der Waals surface area contributed by atoms with Crippen molar-refractivity contribution < 1.29 is 4.79 Å². The van der Waals surface area contributed by atoms with E-state index in [1.807, 2.05) is 37.3 Å². The molecule has 1 saturated heterocycles. The molecular formula is C18H22N4O. The van der Waals surface area contributed by atoms with Crippen LogP contribution in [0.1, 0.15) is 32.6 Å². The first-order valence-electron chi connectivity index (χ1n) is 8.05. The Balaban J connectivity index is 2.25. The van der Waals surface area contributed by atoms with Gasteiger partial charge < -0.3 is 4.90 Å². The van der Waals surface area contributed by atoms with Crippen LogP contribution in [0, 0.1) is 22.7 Å². The van der Waals surface area contributed by atoms with Gasteiger partial charge >= 0.3 is 0 Å². The van der Waals surface area contributed by atoms with Crippen molar-refractivity contribution in [3.8, 4) is 12.1 Å². The zero-order valence-corrected chi connectivity index (χ0v) is 13.5. The minimum atomic E-state index is -0.794. The number of rotatable bonds is 5. The summed E-state index contributed by atoms with van der Waals surface area (Å²) in [7, 11) is 0. The largest absolute Gasteiger partial charge is 0.302 e. The Morgan fingerprint density at radius 3 is 2.43 bits per heavy atom. The monoisotopic (exact) mass is 310 g/mol. The zero-order valence-electron chi connectivity index (χ0n) is 13.5. The van der Waals surface area contributed by atoms with Crippen LogP contribution in [-0.2, 0) is 4.79 Å². The number of piperidine rings is 1. The average Bonchev–Trinajstić information content (AvgIpc) is 2.62. The van der Waals surface area contributed by atoms with Crippen LogP contribution in [0.4, 0.5) is 5.69 Å². The topological polar surface area (TPSA) is 71.1 Å². The number of benzene rings is 1. The van der Waals surface area contributed by atoms with E-state index < -0.39 is 5.54 Å². The zero-order chi connectivity index (χ0) is 16.7. The summed E-state index contributed by atoms with van der Waals surface area (Å²) in [5.41, 5.74) is -0.0104. The molecule has 0 radical (unpaired) electrons. The highest BCUT2D eigenvalue weighted by Gasteiger charge is 2.43. The van der Waals surface area contributed by atoms with Crippen LogP contribution in [0.25, 0.3) is 0 Å². The summed E-state index contributed by atoms with van der Waals surface area (Å²) < 4.78 is 0. The van der Waals surface area contributed by atoms with Gasteiger partial charge in [-0.3, -0.25) is 9.69 Å². The van der Waals surface area contributed by atoms with Crippen LogP contribution in [0.2, 0.25) is 0 Å². The number of likely N-dealkylation sites (tertiary alicyclic amines) is 1. The van der Waals surface area contributed by atoms with Gasteiger partial charge in [-0.25, -0.2) is 0 Å². The number of nitriles is 2. The lowest BCUT2D eigenvalue weighted by Crippen LogP contribution is -2.57. The highest BCUT2D eigenvalue weighted by atomic mass is 16.2. The second kappa shape index (κ2) is 7.76. The fraction of sp³-hybridized carbons (Fsp3) is 0.500. The van der Waals surface area contributed by atoms with E-state index in [1.165, 1.54) is 0 Å². The maximum Gasteiger partial charge on any atom is 0.228 e. The van der Waals surface area contributed by atoms with E-state index in [9.17, 15) is 10.1 Å². The summed E-state index contributed by atoms with van der Waals surface area (Å²) in [6.45, 7) is 4.02. The van der Waals surface area contributed by atoms with E-state index in [0.717, 1.165) is 25.3 Å². The third-order valence-corrected chi connectivity index (χ3v) is 4.43. The first-order valence-corrected chi connectivity index (χ1v) is 8.05. The summed E-state index contributed by atoms with van der Waals surface area (Å²) in [6, 6.07) is 14.0. The molecule has 0 N–H and O–H groups in total.